The molecule has 0 fully saturated rings. The van der Waals surface area contributed by atoms with E-state index in [1.54, 1.807) is 42.5 Å². The van der Waals surface area contributed by atoms with E-state index < -0.39 is 22.5 Å². The molecular formula is C22H20BrN3O4S. The van der Waals surface area contributed by atoms with Crippen LogP contribution in [0.1, 0.15) is 5.56 Å². The summed E-state index contributed by atoms with van der Waals surface area (Å²) in [5, 5.41) is 3.92. The van der Waals surface area contributed by atoms with Crippen LogP contribution in [0.2, 0.25) is 0 Å². The molecule has 0 bridgehead atoms. The predicted octanol–water partition coefficient (Wildman–Crippen LogP) is 3.80. The van der Waals surface area contributed by atoms with Gasteiger partial charge in [0.05, 0.1) is 23.9 Å². The molecule has 0 spiro atoms. The molecule has 0 atom stereocenters. The van der Waals surface area contributed by atoms with Crippen molar-refractivity contribution in [3.05, 3.63) is 88.9 Å². The van der Waals surface area contributed by atoms with Gasteiger partial charge in [0.25, 0.3) is 15.9 Å². The molecule has 0 saturated carbocycles. The number of nitrogens with zero attached hydrogens (tertiary/aromatic N) is 2. The van der Waals surface area contributed by atoms with Gasteiger partial charge < -0.3 is 4.74 Å². The van der Waals surface area contributed by atoms with Crippen LogP contribution in [0.15, 0.2) is 93.3 Å². The van der Waals surface area contributed by atoms with Crippen LogP contribution in [0.4, 0.5) is 5.69 Å². The Morgan fingerprint density at radius 3 is 2.42 bits per heavy atom. The number of benzene rings is 3. The van der Waals surface area contributed by atoms with Gasteiger partial charge >= 0.3 is 0 Å². The maximum absolute atomic E-state index is 13.3. The van der Waals surface area contributed by atoms with Gasteiger partial charge in [-0.1, -0.05) is 46.3 Å². The SMILES string of the molecule is COc1ccc(S(=O)(=O)N(CC(=O)N/N=C\c2cccc(Br)c2)c2ccccc2)cc1. The highest BCUT2D eigenvalue weighted by Crippen LogP contribution is 2.24. The van der Waals surface area contributed by atoms with E-state index in [0.717, 1.165) is 14.3 Å². The number of nitrogens with one attached hydrogen (secondary N) is 1. The number of methoxy groups -OCH3 is 1. The van der Waals surface area contributed by atoms with E-state index in [0.29, 0.717) is 11.4 Å². The first kappa shape index (κ1) is 22.5. The lowest BCUT2D eigenvalue weighted by atomic mass is 10.2. The molecule has 160 valence electrons. The highest BCUT2D eigenvalue weighted by Gasteiger charge is 2.27. The Kier molecular flexibility index (Phi) is 7.43. The first-order valence-electron chi connectivity index (χ1n) is 9.19. The van der Waals surface area contributed by atoms with Crippen LogP contribution in [0.5, 0.6) is 5.75 Å². The maximum Gasteiger partial charge on any atom is 0.264 e. The number of hydrogen-bond donors (Lipinski definition) is 1. The van der Waals surface area contributed by atoms with Crippen molar-refractivity contribution >= 4 is 43.8 Å². The smallest absolute Gasteiger partial charge is 0.264 e. The highest BCUT2D eigenvalue weighted by molar-refractivity contribution is 9.10. The van der Waals surface area contributed by atoms with Crippen molar-refractivity contribution in [2.45, 2.75) is 4.90 Å². The van der Waals surface area contributed by atoms with Gasteiger partial charge in [0, 0.05) is 4.47 Å². The van der Waals surface area contributed by atoms with Crippen molar-refractivity contribution in [1.29, 1.82) is 0 Å². The van der Waals surface area contributed by atoms with Crippen molar-refractivity contribution in [2.24, 2.45) is 5.10 Å². The quantitative estimate of drug-likeness (QED) is 0.375. The van der Waals surface area contributed by atoms with Crippen molar-refractivity contribution in [3.8, 4) is 5.75 Å². The first-order valence-corrected chi connectivity index (χ1v) is 11.4. The molecule has 0 heterocycles. The third kappa shape index (κ3) is 5.93. The lowest BCUT2D eigenvalue weighted by molar-refractivity contribution is -0.119. The summed E-state index contributed by atoms with van der Waals surface area (Å²) in [5.41, 5.74) is 3.53. The summed E-state index contributed by atoms with van der Waals surface area (Å²) < 4.78 is 33.5. The third-order valence-electron chi connectivity index (χ3n) is 4.23. The predicted molar refractivity (Wildman–Crippen MR) is 124 cm³/mol. The second-order valence-corrected chi connectivity index (χ2v) is 9.15. The van der Waals surface area contributed by atoms with Crippen LogP contribution in [0.3, 0.4) is 0 Å². The van der Waals surface area contributed by atoms with Crippen LogP contribution in [-0.4, -0.2) is 34.2 Å². The van der Waals surface area contributed by atoms with Gasteiger partial charge in [0.15, 0.2) is 0 Å². The number of hydrogen-bond acceptors (Lipinski definition) is 5. The molecule has 7 nitrogen and oxygen atoms in total. The minimum atomic E-state index is -4.00. The number of amides is 1. The minimum Gasteiger partial charge on any atom is -0.497 e. The van der Waals surface area contributed by atoms with Gasteiger partial charge in [-0.2, -0.15) is 5.10 Å². The average Bonchev–Trinajstić information content (AvgIpc) is 2.78. The van der Waals surface area contributed by atoms with Crippen LogP contribution in [-0.2, 0) is 14.8 Å². The van der Waals surface area contributed by atoms with Crippen molar-refractivity contribution in [3.63, 3.8) is 0 Å². The molecule has 0 radical (unpaired) electrons. The Hall–Kier alpha value is -3.17. The maximum atomic E-state index is 13.3. The number of ether oxygens (including phenoxy) is 1. The van der Waals surface area contributed by atoms with Gasteiger partial charge in [-0.05, 0) is 54.1 Å². The molecule has 0 aliphatic carbocycles. The average molecular weight is 502 g/mol. The monoisotopic (exact) mass is 501 g/mol. The van der Waals surface area contributed by atoms with Crippen molar-refractivity contribution in [2.75, 3.05) is 18.0 Å². The number of rotatable bonds is 8. The zero-order valence-corrected chi connectivity index (χ0v) is 19.0. The summed E-state index contributed by atoms with van der Waals surface area (Å²) in [6.45, 7) is -0.436. The fourth-order valence-electron chi connectivity index (χ4n) is 2.72. The largest absolute Gasteiger partial charge is 0.497 e. The first-order chi connectivity index (χ1) is 14.9. The number of carbonyl (C=O) groups is 1. The fourth-order valence-corrected chi connectivity index (χ4v) is 4.55. The van der Waals surface area contributed by atoms with Gasteiger partial charge in [-0.3, -0.25) is 9.10 Å². The fraction of sp³-hybridized carbons (Fsp3) is 0.0909. The lowest BCUT2D eigenvalue weighted by Gasteiger charge is -2.23. The Bertz CT molecular complexity index is 1170. The number of sulfonamides is 1. The number of anilines is 1. The molecule has 31 heavy (non-hydrogen) atoms. The van der Waals surface area contributed by atoms with Crippen LogP contribution in [0, 0.1) is 0 Å². The standard InChI is InChI=1S/C22H20BrN3O4S/c1-30-20-10-12-21(13-11-20)31(28,29)26(19-8-3-2-4-9-19)16-22(27)25-24-15-17-6-5-7-18(23)14-17/h2-15H,16H2,1H3,(H,25,27)/b24-15-. The van der Waals surface area contributed by atoms with E-state index in [1.807, 2.05) is 24.3 Å². The molecule has 1 amide bonds. The van der Waals surface area contributed by atoms with E-state index in [1.165, 1.54) is 25.5 Å². The van der Waals surface area contributed by atoms with E-state index in [-0.39, 0.29) is 4.90 Å². The second-order valence-electron chi connectivity index (χ2n) is 6.37. The molecule has 0 saturated heterocycles. The lowest BCUT2D eigenvalue weighted by Crippen LogP contribution is -2.39. The summed E-state index contributed by atoms with van der Waals surface area (Å²) in [6.07, 6.45) is 1.48. The Morgan fingerprint density at radius 1 is 1.06 bits per heavy atom. The van der Waals surface area contributed by atoms with E-state index in [9.17, 15) is 13.2 Å². The Labute approximate surface area is 189 Å². The summed E-state index contributed by atoms with van der Waals surface area (Å²) in [6, 6.07) is 21.8. The third-order valence-corrected chi connectivity index (χ3v) is 6.51. The normalized spacial score (nSPS) is 11.3. The molecule has 0 aliphatic heterocycles. The molecule has 3 aromatic carbocycles. The van der Waals surface area contributed by atoms with Crippen LogP contribution < -0.4 is 14.5 Å². The Balaban J connectivity index is 1.81. The van der Waals surface area contributed by atoms with Gasteiger partial charge in [0.2, 0.25) is 0 Å². The minimum absolute atomic E-state index is 0.0441. The van der Waals surface area contributed by atoms with Gasteiger partial charge in [-0.25, -0.2) is 13.8 Å². The number of para-hydroxylation sites is 1. The van der Waals surface area contributed by atoms with E-state index in [2.05, 4.69) is 26.5 Å². The van der Waals surface area contributed by atoms with Crippen molar-refractivity contribution < 1.29 is 17.9 Å². The number of halogens is 1. The molecule has 0 aliphatic rings. The van der Waals surface area contributed by atoms with Crippen molar-refractivity contribution in [1.82, 2.24) is 5.43 Å². The number of carbonyl (C=O) groups excluding carboxylic acids is 1. The van der Waals surface area contributed by atoms with Gasteiger partial charge in [0.1, 0.15) is 12.3 Å². The van der Waals surface area contributed by atoms with Crippen LogP contribution in [0.25, 0.3) is 0 Å². The molecule has 0 unspecified atom stereocenters. The molecule has 3 rings (SSSR count). The van der Waals surface area contributed by atoms with E-state index in [4.69, 9.17) is 4.74 Å². The zero-order valence-electron chi connectivity index (χ0n) is 16.6. The van der Waals surface area contributed by atoms with Crippen LogP contribution >= 0.6 is 15.9 Å². The highest BCUT2D eigenvalue weighted by atomic mass is 79.9. The van der Waals surface area contributed by atoms with E-state index >= 15 is 0 Å². The summed E-state index contributed by atoms with van der Waals surface area (Å²) in [7, 11) is -2.50. The summed E-state index contributed by atoms with van der Waals surface area (Å²) in [5.74, 6) is -0.0444. The second kappa shape index (κ2) is 10.2. The number of hydrazone groups is 1. The summed E-state index contributed by atoms with van der Waals surface area (Å²) in [4.78, 5) is 12.5. The molecular weight excluding hydrogens is 482 g/mol. The zero-order chi connectivity index (χ0) is 22.3. The topological polar surface area (TPSA) is 88.1 Å². The Morgan fingerprint density at radius 2 is 1.77 bits per heavy atom. The molecule has 0 aromatic heterocycles. The molecule has 1 N–H and O–H groups in total. The van der Waals surface area contributed by atoms with Gasteiger partial charge in [-0.15, -0.1) is 0 Å². The summed E-state index contributed by atoms with van der Waals surface area (Å²) >= 11 is 3.36. The molecule has 9 heteroatoms. The molecule has 3 aromatic rings.